The van der Waals surface area contributed by atoms with Crippen LogP contribution in [0.25, 0.3) is 0 Å². The molecular formula is C14H17N3O2S. The number of nitrogens with one attached hydrogen (secondary N) is 1. The number of ether oxygens (including phenoxy) is 1. The Morgan fingerprint density at radius 1 is 1.30 bits per heavy atom. The van der Waals surface area contributed by atoms with Gasteiger partial charge in [-0.05, 0) is 32.9 Å². The third kappa shape index (κ3) is 2.90. The van der Waals surface area contributed by atoms with E-state index in [0.29, 0.717) is 11.8 Å². The first kappa shape index (κ1) is 13.3. The van der Waals surface area contributed by atoms with Crippen LogP contribution in [0.4, 0.5) is 6.01 Å². The molecule has 1 aliphatic heterocycles. The highest BCUT2D eigenvalue weighted by atomic mass is 32.2. The zero-order valence-electron chi connectivity index (χ0n) is 11.7. The van der Waals surface area contributed by atoms with Crippen molar-refractivity contribution < 1.29 is 9.26 Å². The van der Waals surface area contributed by atoms with E-state index in [9.17, 15) is 0 Å². The molecule has 2 heterocycles. The summed E-state index contributed by atoms with van der Waals surface area (Å²) in [4.78, 5) is 5.52. The van der Waals surface area contributed by atoms with Gasteiger partial charge in [-0.2, -0.15) is 4.98 Å². The molecule has 0 spiro atoms. The molecule has 1 atom stereocenters. The fourth-order valence-corrected chi connectivity index (χ4v) is 2.87. The van der Waals surface area contributed by atoms with E-state index >= 15 is 0 Å². The van der Waals surface area contributed by atoms with Crippen LogP contribution in [0.2, 0.25) is 0 Å². The Morgan fingerprint density at radius 3 is 2.90 bits per heavy atom. The first-order valence-electron chi connectivity index (χ1n) is 6.51. The molecule has 0 saturated carbocycles. The van der Waals surface area contributed by atoms with E-state index < -0.39 is 0 Å². The molecule has 1 aliphatic rings. The van der Waals surface area contributed by atoms with Crippen LogP contribution in [0.15, 0.2) is 33.7 Å². The maximum absolute atomic E-state index is 5.93. The largest absolute Gasteiger partial charge is 0.480 e. The van der Waals surface area contributed by atoms with Crippen LogP contribution in [0.1, 0.15) is 32.7 Å². The van der Waals surface area contributed by atoms with Gasteiger partial charge in [-0.25, -0.2) is 0 Å². The third-order valence-electron chi connectivity index (χ3n) is 2.72. The molecular weight excluding hydrogens is 274 g/mol. The Hall–Kier alpha value is -1.69. The molecule has 0 radical (unpaired) electrons. The number of fused-ring (bicyclic) bond motifs is 1. The van der Waals surface area contributed by atoms with Crippen LogP contribution in [0.5, 0.6) is 5.75 Å². The molecule has 106 valence electrons. The van der Waals surface area contributed by atoms with Crippen molar-refractivity contribution in [2.75, 3.05) is 11.1 Å². The molecule has 5 nitrogen and oxygen atoms in total. The van der Waals surface area contributed by atoms with Gasteiger partial charge in [-0.3, -0.25) is 0 Å². The summed E-state index contributed by atoms with van der Waals surface area (Å²) < 4.78 is 11.1. The molecule has 3 rings (SSSR count). The van der Waals surface area contributed by atoms with E-state index in [2.05, 4.69) is 21.5 Å². The van der Waals surface area contributed by atoms with Gasteiger partial charge in [0, 0.05) is 16.2 Å². The quantitative estimate of drug-likeness (QED) is 0.913. The average Bonchev–Trinajstić information content (AvgIpc) is 2.84. The minimum atomic E-state index is -0.172. The highest BCUT2D eigenvalue weighted by Crippen LogP contribution is 2.39. The van der Waals surface area contributed by atoms with Gasteiger partial charge in [-0.1, -0.05) is 17.3 Å². The Kier molecular flexibility index (Phi) is 3.33. The lowest BCUT2D eigenvalue weighted by Gasteiger charge is -2.23. The van der Waals surface area contributed by atoms with E-state index in [-0.39, 0.29) is 11.6 Å². The van der Waals surface area contributed by atoms with Gasteiger partial charge in [-0.15, -0.1) is 11.8 Å². The van der Waals surface area contributed by atoms with Crippen molar-refractivity contribution in [2.45, 2.75) is 37.3 Å². The lowest BCUT2D eigenvalue weighted by molar-refractivity contribution is 0.205. The monoisotopic (exact) mass is 291 g/mol. The molecule has 1 aromatic heterocycles. The molecule has 0 fully saturated rings. The van der Waals surface area contributed by atoms with Crippen molar-refractivity contribution in [1.29, 1.82) is 0 Å². The summed E-state index contributed by atoms with van der Waals surface area (Å²) >= 11 is 1.75. The molecule has 0 saturated heterocycles. The van der Waals surface area contributed by atoms with Gasteiger partial charge in [0.15, 0.2) is 6.10 Å². The second-order valence-electron chi connectivity index (χ2n) is 5.70. The highest BCUT2D eigenvalue weighted by molar-refractivity contribution is 7.99. The SMILES string of the molecule is CC(C)(C)Nc1nc(C2CSc3ccccc3O2)no1. The lowest BCUT2D eigenvalue weighted by atomic mass is 10.1. The molecule has 2 aromatic rings. The Bertz CT molecular complexity index is 606. The predicted molar refractivity (Wildman–Crippen MR) is 78.2 cm³/mol. The second kappa shape index (κ2) is 5.01. The number of aromatic nitrogens is 2. The highest BCUT2D eigenvalue weighted by Gasteiger charge is 2.26. The number of hydrogen-bond acceptors (Lipinski definition) is 6. The first-order chi connectivity index (χ1) is 9.51. The number of hydrogen-bond donors (Lipinski definition) is 1. The normalized spacial score (nSPS) is 18.2. The fraction of sp³-hybridized carbons (Fsp3) is 0.429. The van der Waals surface area contributed by atoms with E-state index in [0.717, 1.165) is 16.4 Å². The third-order valence-corrected chi connectivity index (χ3v) is 3.84. The number of benzene rings is 1. The van der Waals surface area contributed by atoms with Crippen LogP contribution >= 0.6 is 11.8 Å². The lowest BCUT2D eigenvalue weighted by Crippen LogP contribution is -2.26. The molecule has 1 aromatic carbocycles. The van der Waals surface area contributed by atoms with Crippen molar-refractivity contribution in [3.8, 4) is 5.75 Å². The molecule has 0 amide bonds. The zero-order valence-corrected chi connectivity index (χ0v) is 12.5. The van der Waals surface area contributed by atoms with Gasteiger partial charge in [0.2, 0.25) is 5.82 Å². The Labute approximate surface area is 122 Å². The average molecular weight is 291 g/mol. The van der Waals surface area contributed by atoms with Gasteiger partial charge < -0.3 is 14.6 Å². The minimum absolute atomic E-state index is 0.113. The minimum Gasteiger partial charge on any atom is -0.480 e. The maximum Gasteiger partial charge on any atom is 0.322 e. The van der Waals surface area contributed by atoms with Crippen molar-refractivity contribution in [1.82, 2.24) is 10.1 Å². The summed E-state index contributed by atoms with van der Waals surface area (Å²) in [5.74, 6) is 2.24. The van der Waals surface area contributed by atoms with Crippen molar-refractivity contribution in [2.24, 2.45) is 0 Å². The summed E-state index contributed by atoms with van der Waals surface area (Å²) in [6.07, 6.45) is -0.172. The zero-order chi connectivity index (χ0) is 14.2. The number of rotatable bonds is 2. The van der Waals surface area contributed by atoms with Gasteiger partial charge in [0.05, 0.1) is 0 Å². The molecule has 0 aliphatic carbocycles. The summed E-state index contributed by atoms with van der Waals surface area (Å²) in [5.41, 5.74) is -0.113. The summed E-state index contributed by atoms with van der Waals surface area (Å²) in [6, 6.07) is 8.42. The Morgan fingerprint density at radius 2 is 2.10 bits per heavy atom. The Balaban J connectivity index is 1.75. The van der Waals surface area contributed by atoms with E-state index in [1.54, 1.807) is 11.8 Å². The van der Waals surface area contributed by atoms with Crippen LogP contribution < -0.4 is 10.1 Å². The number of para-hydroxylation sites is 1. The van der Waals surface area contributed by atoms with Crippen LogP contribution in [0.3, 0.4) is 0 Å². The van der Waals surface area contributed by atoms with Crippen molar-refractivity contribution in [3.63, 3.8) is 0 Å². The molecule has 0 bridgehead atoms. The molecule has 20 heavy (non-hydrogen) atoms. The number of anilines is 1. The van der Waals surface area contributed by atoms with Crippen molar-refractivity contribution >= 4 is 17.8 Å². The van der Waals surface area contributed by atoms with E-state index in [4.69, 9.17) is 9.26 Å². The first-order valence-corrected chi connectivity index (χ1v) is 7.50. The number of thioether (sulfide) groups is 1. The summed E-state index contributed by atoms with van der Waals surface area (Å²) in [5, 5.41) is 7.17. The summed E-state index contributed by atoms with van der Waals surface area (Å²) in [6.45, 7) is 6.13. The molecule has 1 N–H and O–H groups in total. The number of nitrogens with zero attached hydrogens (tertiary/aromatic N) is 2. The molecule has 6 heteroatoms. The smallest absolute Gasteiger partial charge is 0.322 e. The maximum atomic E-state index is 5.93. The van der Waals surface area contributed by atoms with Crippen molar-refractivity contribution in [3.05, 3.63) is 30.1 Å². The van der Waals surface area contributed by atoms with E-state index in [1.165, 1.54) is 0 Å². The predicted octanol–water partition coefficient (Wildman–Crippen LogP) is 3.51. The molecule has 1 unspecified atom stereocenters. The van der Waals surface area contributed by atoms with Crippen LogP contribution in [-0.2, 0) is 0 Å². The standard InChI is InChI=1S/C14H17N3O2S/c1-14(2,3)16-13-15-12(17-19-13)10-8-20-11-7-5-4-6-9(11)18-10/h4-7,10H,8H2,1-3H3,(H,15,16,17). The van der Waals surface area contributed by atoms with E-state index in [1.807, 2.05) is 39.0 Å². The van der Waals surface area contributed by atoms with Crippen LogP contribution in [-0.4, -0.2) is 21.4 Å². The topological polar surface area (TPSA) is 60.2 Å². The fourth-order valence-electron chi connectivity index (χ4n) is 1.88. The van der Waals surface area contributed by atoms with Gasteiger partial charge >= 0.3 is 6.01 Å². The van der Waals surface area contributed by atoms with Gasteiger partial charge in [0.25, 0.3) is 0 Å². The second-order valence-corrected chi connectivity index (χ2v) is 6.76. The van der Waals surface area contributed by atoms with Crippen LogP contribution in [0, 0.1) is 0 Å². The van der Waals surface area contributed by atoms with Gasteiger partial charge in [0.1, 0.15) is 5.75 Å². The summed E-state index contributed by atoms with van der Waals surface area (Å²) in [7, 11) is 0.